The molecule has 1 aromatic carbocycles. The van der Waals surface area contributed by atoms with Gasteiger partial charge in [-0.25, -0.2) is 4.98 Å². The lowest BCUT2D eigenvalue weighted by Gasteiger charge is -2.07. The van der Waals surface area contributed by atoms with Crippen molar-refractivity contribution in [2.24, 2.45) is 0 Å². The first-order valence-electron chi connectivity index (χ1n) is 5.02. The van der Waals surface area contributed by atoms with E-state index in [0.29, 0.717) is 5.88 Å². The number of nitrogens with zero attached hydrogens (tertiary/aromatic N) is 1. The van der Waals surface area contributed by atoms with Crippen LogP contribution in [-0.2, 0) is 0 Å². The van der Waals surface area contributed by atoms with Crippen molar-refractivity contribution >= 4 is 15.9 Å². The molecule has 2 aromatic rings. The highest BCUT2D eigenvalue weighted by Gasteiger charge is 2.05. The minimum atomic E-state index is 0.601. The number of hydrogen-bond acceptors (Lipinski definition) is 2. The molecule has 0 aliphatic rings. The number of halogens is 1. The maximum absolute atomic E-state index is 5.69. The lowest BCUT2D eigenvalue weighted by atomic mass is 10.2. The van der Waals surface area contributed by atoms with Gasteiger partial charge in [0.15, 0.2) is 0 Å². The van der Waals surface area contributed by atoms with Crippen molar-refractivity contribution in [3.05, 3.63) is 52.1 Å². The Morgan fingerprint density at radius 3 is 2.44 bits per heavy atom. The number of aryl methyl sites for hydroxylation is 2. The van der Waals surface area contributed by atoms with Crippen LogP contribution < -0.4 is 4.74 Å². The fourth-order valence-electron chi connectivity index (χ4n) is 1.30. The fourth-order valence-corrected chi connectivity index (χ4v) is 1.62. The van der Waals surface area contributed by atoms with Crippen molar-refractivity contribution in [1.82, 2.24) is 4.98 Å². The van der Waals surface area contributed by atoms with Crippen LogP contribution in [0.25, 0.3) is 0 Å². The normalized spacial score (nSPS) is 10.2. The number of rotatable bonds is 2. The van der Waals surface area contributed by atoms with E-state index in [1.807, 2.05) is 44.2 Å². The summed E-state index contributed by atoms with van der Waals surface area (Å²) in [6.07, 6.45) is 1.74. The Balaban J connectivity index is 2.27. The summed E-state index contributed by atoms with van der Waals surface area (Å²) in [6.45, 7) is 4.05. The average molecular weight is 278 g/mol. The third kappa shape index (κ3) is 2.42. The van der Waals surface area contributed by atoms with Crippen molar-refractivity contribution in [3.8, 4) is 11.6 Å². The third-order valence-corrected chi connectivity index (χ3v) is 3.25. The molecule has 0 atom stereocenters. The van der Waals surface area contributed by atoms with Gasteiger partial charge in [-0.1, -0.05) is 17.7 Å². The van der Waals surface area contributed by atoms with Crippen LogP contribution in [0, 0.1) is 13.8 Å². The van der Waals surface area contributed by atoms with Crippen LogP contribution in [0.4, 0.5) is 0 Å². The molecule has 2 rings (SSSR count). The number of benzene rings is 1. The highest BCUT2D eigenvalue weighted by molar-refractivity contribution is 9.10. The van der Waals surface area contributed by atoms with Crippen LogP contribution in [0.5, 0.6) is 11.6 Å². The number of ether oxygens (including phenoxy) is 1. The highest BCUT2D eigenvalue weighted by Crippen LogP contribution is 2.29. The molecule has 82 valence electrons. The summed E-state index contributed by atoms with van der Waals surface area (Å²) in [5, 5.41) is 0. The van der Waals surface area contributed by atoms with Gasteiger partial charge < -0.3 is 4.74 Å². The van der Waals surface area contributed by atoms with Crippen LogP contribution in [0.3, 0.4) is 0 Å². The van der Waals surface area contributed by atoms with Gasteiger partial charge in [0.1, 0.15) is 5.75 Å². The van der Waals surface area contributed by atoms with E-state index in [-0.39, 0.29) is 0 Å². The maximum atomic E-state index is 5.69. The Labute approximate surface area is 103 Å². The van der Waals surface area contributed by atoms with Gasteiger partial charge in [0.25, 0.3) is 0 Å². The molecule has 0 spiro atoms. The summed E-state index contributed by atoms with van der Waals surface area (Å²) in [4.78, 5) is 4.19. The molecule has 0 bridgehead atoms. The molecule has 2 nitrogen and oxygen atoms in total. The van der Waals surface area contributed by atoms with Gasteiger partial charge >= 0.3 is 0 Å². The van der Waals surface area contributed by atoms with Gasteiger partial charge in [0, 0.05) is 6.20 Å². The summed E-state index contributed by atoms with van der Waals surface area (Å²) < 4.78 is 6.59. The second kappa shape index (κ2) is 4.66. The smallest absolute Gasteiger partial charge is 0.233 e. The van der Waals surface area contributed by atoms with Crippen LogP contribution in [-0.4, -0.2) is 4.98 Å². The molecule has 0 aliphatic heterocycles. The van der Waals surface area contributed by atoms with E-state index >= 15 is 0 Å². The predicted octanol–water partition coefficient (Wildman–Crippen LogP) is 4.25. The molecular formula is C13H12BrNO. The lowest BCUT2D eigenvalue weighted by molar-refractivity contribution is 0.459. The predicted molar refractivity (Wildman–Crippen MR) is 67.9 cm³/mol. The minimum absolute atomic E-state index is 0.601. The zero-order valence-electron chi connectivity index (χ0n) is 9.20. The molecule has 3 heteroatoms. The second-order valence-corrected chi connectivity index (χ2v) is 4.46. The zero-order chi connectivity index (χ0) is 11.5. The van der Waals surface area contributed by atoms with Crippen LogP contribution >= 0.6 is 15.9 Å². The van der Waals surface area contributed by atoms with Gasteiger partial charge in [0.05, 0.1) is 4.47 Å². The number of pyridine rings is 1. The van der Waals surface area contributed by atoms with Crippen molar-refractivity contribution in [3.63, 3.8) is 0 Å². The van der Waals surface area contributed by atoms with E-state index in [2.05, 4.69) is 20.9 Å². The quantitative estimate of drug-likeness (QED) is 0.819. The fraction of sp³-hybridized carbons (Fsp3) is 0.154. The van der Waals surface area contributed by atoms with E-state index < -0.39 is 0 Å². The zero-order valence-corrected chi connectivity index (χ0v) is 10.8. The Hall–Kier alpha value is -1.35. The molecule has 0 N–H and O–H groups in total. The van der Waals surface area contributed by atoms with Crippen molar-refractivity contribution in [1.29, 1.82) is 0 Å². The van der Waals surface area contributed by atoms with E-state index in [4.69, 9.17) is 4.74 Å². The molecule has 0 saturated heterocycles. The van der Waals surface area contributed by atoms with E-state index in [9.17, 15) is 0 Å². The molecule has 0 amide bonds. The van der Waals surface area contributed by atoms with Crippen LogP contribution in [0.2, 0.25) is 0 Å². The first-order valence-corrected chi connectivity index (χ1v) is 5.82. The summed E-state index contributed by atoms with van der Waals surface area (Å²) in [6, 6.07) is 9.84. The van der Waals surface area contributed by atoms with Crippen LogP contribution in [0.15, 0.2) is 41.0 Å². The van der Waals surface area contributed by atoms with Crippen molar-refractivity contribution < 1.29 is 4.74 Å². The molecule has 0 unspecified atom stereocenters. The molecule has 16 heavy (non-hydrogen) atoms. The summed E-state index contributed by atoms with van der Waals surface area (Å²) in [7, 11) is 0. The standard InChI is InChI=1S/C13H12BrNO/c1-9-3-5-11(6-4-9)16-13-12(14)10(2)7-8-15-13/h3-8H,1-2H3. The first-order chi connectivity index (χ1) is 7.66. The van der Waals surface area contributed by atoms with Gasteiger partial charge in [-0.3, -0.25) is 0 Å². The molecule has 0 fully saturated rings. The topological polar surface area (TPSA) is 22.1 Å². The largest absolute Gasteiger partial charge is 0.438 e. The second-order valence-electron chi connectivity index (χ2n) is 3.66. The molecular weight excluding hydrogens is 266 g/mol. The Kier molecular flexibility index (Phi) is 3.25. The SMILES string of the molecule is Cc1ccc(Oc2nccc(C)c2Br)cc1. The van der Waals surface area contributed by atoms with E-state index in [0.717, 1.165) is 15.8 Å². The first kappa shape index (κ1) is 11.1. The van der Waals surface area contributed by atoms with Crippen LogP contribution in [0.1, 0.15) is 11.1 Å². The minimum Gasteiger partial charge on any atom is -0.438 e. The molecule has 1 aromatic heterocycles. The summed E-state index contributed by atoms with van der Waals surface area (Å²) >= 11 is 3.46. The molecule has 0 radical (unpaired) electrons. The Morgan fingerprint density at radius 2 is 1.75 bits per heavy atom. The molecule has 0 saturated carbocycles. The van der Waals surface area contributed by atoms with Crippen molar-refractivity contribution in [2.45, 2.75) is 13.8 Å². The lowest BCUT2D eigenvalue weighted by Crippen LogP contribution is -1.90. The van der Waals surface area contributed by atoms with Gasteiger partial charge in [0.2, 0.25) is 5.88 Å². The van der Waals surface area contributed by atoms with Gasteiger partial charge in [-0.15, -0.1) is 0 Å². The molecule has 1 heterocycles. The Morgan fingerprint density at radius 1 is 1.06 bits per heavy atom. The number of hydrogen-bond donors (Lipinski definition) is 0. The van der Waals surface area contributed by atoms with Gasteiger partial charge in [-0.05, 0) is 53.5 Å². The maximum Gasteiger partial charge on any atom is 0.233 e. The number of aromatic nitrogens is 1. The van der Waals surface area contributed by atoms with Crippen molar-refractivity contribution in [2.75, 3.05) is 0 Å². The van der Waals surface area contributed by atoms with E-state index in [1.165, 1.54) is 5.56 Å². The van der Waals surface area contributed by atoms with E-state index in [1.54, 1.807) is 6.20 Å². The summed E-state index contributed by atoms with van der Waals surface area (Å²) in [5.74, 6) is 1.40. The third-order valence-electron chi connectivity index (χ3n) is 2.29. The summed E-state index contributed by atoms with van der Waals surface area (Å²) in [5.41, 5.74) is 2.32. The average Bonchev–Trinajstić information content (AvgIpc) is 2.28. The Bertz CT molecular complexity index is 494. The van der Waals surface area contributed by atoms with Gasteiger partial charge in [-0.2, -0.15) is 0 Å². The highest BCUT2D eigenvalue weighted by atomic mass is 79.9. The monoisotopic (exact) mass is 277 g/mol. The molecule has 0 aliphatic carbocycles.